The Morgan fingerprint density at radius 3 is 1.91 bits per heavy atom. The summed E-state index contributed by atoms with van der Waals surface area (Å²) in [6.07, 6.45) is 5.57. The SMILES string of the molecule is CC1(O[Si](C)(C)C)c2cc(OC3CCCCO3)ccc2OC(c2ccc(I)cc2)C1c1ccc(OC2CCCCO2)cc1. The van der Waals surface area contributed by atoms with Gasteiger partial charge in [0, 0.05) is 22.0 Å². The van der Waals surface area contributed by atoms with E-state index in [-0.39, 0.29) is 24.6 Å². The van der Waals surface area contributed by atoms with E-state index >= 15 is 0 Å². The highest BCUT2D eigenvalue weighted by molar-refractivity contribution is 14.1. The van der Waals surface area contributed by atoms with Crippen molar-refractivity contribution in [3.8, 4) is 17.2 Å². The van der Waals surface area contributed by atoms with Crippen molar-refractivity contribution < 1.29 is 28.1 Å². The molecule has 8 heteroatoms. The molecule has 2 saturated heterocycles. The summed E-state index contributed by atoms with van der Waals surface area (Å²) in [4.78, 5) is 0. The molecule has 5 unspecified atom stereocenters. The van der Waals surface area contributed by atoms with Crippen LogP contribution in [0.5, 0.6) is 17.2 Å². The van der Waals surface area contributed by atoms with Crippen molar-refractivity contribution in [3.05, 3.63) is 87.0 Å². The first-order chi connectivity index (χ1) is 20.7. The molecule has 6 rings (SSSR count). The van der Waals surface area contributed by atoms with Gasteiger partial charge in [0.1, 0.15) is 23.4 Å². The number of hydrogen-bond acceptors (Lipinski definition) is 6. The van der Waals surface area contributed by atoms with Gasteiger partial charge in [-0.2, -0.15) is 0 Å². The largest absolute Gasteiger partial charge is 0.485 e. The Morgan fingerprint density at radius 2 is 1.33 bits per heavy atom. The van der Waals surface area contributed by atoms with E-state index in [2.05, 4.69) is 104 Å². The molecule has 3 aliphatic rings. The molecule has 0 saturated carbocycles. The number of fused-ring (bicyclic) bond motifs is 1. The predicted octanol–water partition coefficient (Wildman–Crippen LogP) is 9.09. The van der Waals surface area contributed by atoms with E-state index in [9.17, 15) is 0 Å². The van der Waals surface area contributed by atoms with Crippen molar-refractivity contribution in [2.24, 2.45) is 0 Å². The molecule has 3 aromatic rings. The fourth-order valence-electron chi connectivity index (χ4n) is 6.56. The molecule has 3 aromatic carbocycles. The maximum absolute atomic E-state index is 7.25. The zero-order chi connectivity index (χ0) is 30.0. The molecule has 0 bridgehead atoms. The van der Waals surface area contributed by atoms with Gasteiger partial charge in [0.2, 0.25) is 0 Å². The van der Waals surface area contributed by atoms with Gasteiger partial charge < -0.3 is 28.1 Å². The Bertz CT molecular complexity index is 1360. The second-order valence-corrected chi connectivity index (χ2v) is 18.6. The number of ether oxygens (including phenoxy) is 5. The lowest BCUT2D eigenvalue weighted by atomic mass is 9.71. The number of hydrogen-bond donors (Lipinski definition) is 0. The number of benzene rings is 3. The van der Waals surface area contributed by atoms with Crippen LogP contribution >= 0.6 is 22.6 Å². The summed E-state index contributed by atoms with van der Waals surface area (Å²) in [6, 6.07) is 23.2. The van der Waals surface area contributed by atoms with Crippen molar-refractivity contribution in [2.75, 3.05) is 13.2 Å². The highest BCUT2D eigenvalue weighted by Crippen LogP contribution is 2.57. The lowest BCUT2D eigenvalue weighted by Crippen LogP contribution is -2.48. The quantitative estimate of drug-likeness (QED) is 0.172. The summed E-state index contributed by atoms with van der Waals surface area (Å²) < 4.78 is 39.6. The van der Waals surface area contributed by atoms with E-state index in [1.54, 1.807) is 0 Å². The van der Waals surface area contributed by atoms with Crippen molar-refractivity contribution in [2.45, 2.75) is 95.3 Å². The van der Waals surface area contributed by atoms with Gasteiger partial charge in [-0.3, -0.25) is 0 Å². The molecule has 43 heavy (non-hydrogen) atoms. The summed E-state index contributed by atoms with van der Waals surface area (Å²) in [5.74, 6) is 2.29. The van der Waals surface area contributed by atoms with E-state index in [4.69, 9.17) is 28.1 Å². The topological polar surface area (TPSA) is 55.4 Å². The Labute approximate surface area is 270 Å². The van der Waals surface area contributed by atoms with Gasteiger partial charge in [-0.15, -0.1) is 0 Å². The molecule has 0 aromatic heterocycles. The van der Waals surface area contributed by atoms with Crippen LogP contribution in [0.4, 0.5) is 0 Å². The van der Waals surface area contributed by atoms with Crippen LogP contribution in [0.25, 0.3) is 0 Å². The molecule has 0 aliphatic carbocycles. The molecule has 3 aliphatic heterocycles. The van der Waals surface area contributed by atoms with E-state index in [0.29, 0.717) is 0 Å². The first-order valence-corrected chi connectivity index (χ1v) is 20.1. The Balaban J connectivity index is 1.41. The molecule has 2 fully saturated rings. The van der Waals surface area contributed by atoms with Crippen molar-refractivity contribution >= 4 is 30.9 Å². The van der Waals surface area contributed by atoms with Crippen LogP contribution in [-0.4, -0.2) is 34.1 Å². The van der Waals surface area contributed by atoms with Gasteiger partial charge in [0.15, 0.2) is 20.9 Å². The highest BCUT2D eigenvalue weighted by atomic mass is 127. The molecule has 0 amide bonds. The van der Waals surface area contributed by atoms with Crippen molar-refractivity contribution in [3.63, 3.8) is 0 Å². The molecule has 0 radical (unpaired) electrons. The van der Waals surface area contributed by atoms with Gasteiger partial charge in [-0.05, 0) is 128 Å². The third-order valence-corrected chi connectivity index (χ3v) is 10.2. The molecular weight excluding hydrogens is 671 g/mol. The predicted molar refractivity (Wildman–Crippen MR) is 178 cm³/mol. The first kappa shape index (κ1) is 30.9. The monoisotopic (exact) mass is 714 g/mol. The lowest BCUT2D eigenvalue weighted by Gasteiger charge is -2.49. The smallest absolute Gasteiger partial charge is 0.199 e. The molecule has 3 heterocycles. The van der Waals surface area contributed by atoms with Crippen LogP contribution in [0.1, 0.15) is 74.2 Å². The van der Waals surface area contributed by atoms with E-state index < -0.39 is 13.9 Å². The van der Waals surface area contributed by atoms with Gasteiger partial charge in [0.25, 0.3) is 0 Å². The van der Waals surface area contributed by atoms with Crippen LogP contribution in [0.3, 0.4) is 0 Å². The van der Waals surface area contributed by atoms with Crippen LogP contribution in [0, 0.1) is 3.57 Å². The summed E-state index contributed by atoms with van der Waals surface area (Å²) >= 11 is 2.35. The van der Waals surface area contributed by atoms with Gasteiger partial charge in [-0.1, -0.05) is 24.3 Å². The summed E-state index contributed by atoms with van der Waals surface area (Å²) in [6.45, 7) is 10.5. The second-order valence-electron chi connectivity index (χ2n) is 12.9. The van der Waals surface area contributed by atoms with E-state index in [1.807, 2.05) is 12.1 Å². The van der Waals surface area contributed by atoms with Gasteiger partial charge in [-0.25, -0.2) is 0 Å². The van der Waals surface area contributed by atoms with Gasteiger partial charge in [0.05, 0.1) is 24.7 Å². The third kappa shape index (κ3) is 7.25. The first-order valence-electron chi connectivity index (χ1n) is 15.6. The Hall–Kier alpha value is -2.11. The van der Waals surface area contributed by atoms with E-state index in [0.717, 1.165) is 85.7 Å². The fraction of sp³-hybridized carbons (Fsp3) is 0.486. The molecule has 0 N–H and O–H groups in total. The zero-order valence-electron chi connectivity index (χ0n) is 25.6. The van der Waals surface area contributed by atoms with Crippen LogP contribution < -0.4 is 14.2 Å². The highest BCUT2D eigenvalue weighted by Gasteiger charge is 2.51. The number of rotatable bonds is 8. The number of halogens is 1. The lowest BCUT2D eigenvalue weighted by molar-refractivity contribution is -0.106. The maximum atomic E-state index is 7.25. The molecule has 0 spiro atoms. The van der Waals surface area contributed by atoms with E-state index in [1.165, 1.54) is 3.57 Å². The Kier molecular flexibility index (Phi) is 9.40. The molecule has 6 nitrogen and oxygen atoms in total. The summed E-state index contributed by atoms with van der Waals surface area (Å²) in [5, 5.41) is 0. The molecule has 5 atom stereocenters. The maximum Gasteiger partial charge on any atom is 0.199 e. The van der Waals surface area contributed by atoms with Crippen molar-refractivity contribution in [1.29, 1.82) is 0 Å². The molecular formula is C35H43IO6Si. The normalized spacial score (nSPS) is 27.6. The van der Waals surface area contributed by atoms with Crippen molar-refractivity contribution in [1.82, 2.24) is 0 Å². The minimum atomic E-state index is -2.06. The Morgan fingerprint density at radius 1 is 0.744 bits per heavy atom. The van der Waals surface area contributed by atoms with Crippen LogP contribution in [0.15, 0.2) is 66.7 Å². The zero-order valence-corrected chi connectivity index (χ0v) is 28.8. The van der Waals surface area contributed by atoms with Crippen LogP contribution in [-0.2, 0) is 19.5 Å². The fourth-order valence-corrected chi connectivity index (χ4v) is 8.43. The summed E-state index contributed by atoms with van der Waals surface area (Å²) in [5.41, 5.74) is 2.57. The second kappa shape index (κ2) is 13.1. The standard InChI is InChI=1S/C35H43IO6Si/c1-35(42-43(2,3)4)29-23-28(40-32-10-6-8-22-38-32)19-20-30(29)41-34(25-11-15-26(36)16-12-25)33(35)24-13-17-27(18-14-24)39-31-9-5-7-21-37-31/h11-20,23,31-34H,5-10,21-22H2,1-4H3. The summed E-state index contributed by atoms with van der Waals surface area (Å²) in [7, 11) is -2.06. The van der Waals surface area contributed by atoms with Gasteiger partial charge >= 0.3 is 0 Å². The minimum absolute atomic E-state index is 0.132. The average molecular weight is 715 g/mol. The average Bonchev–Trinajstić information content (AvgIpc) is 2.99. The van der Waals surface area contributed by atoms with Crippen LogP contribution in [0.2, 0.25) is 19.6 Å². The molecule has 230 valence electrons. The third-order valence-electron chi connectivity index (χ3n) is 8.40. The minimum Gasteiger partial charge on any atom is -0.485 e.